The highest BCUT2D eigenvalue weighted by molar-refractivity contribution is 5.94. The number of halogens is 1. The fourth-order valence-corrected chi connectivity index (χ4v) is 4.20. The molecule has 1 N–H and O–H groups in total. The van der Waals surface area contributed by atoms with Crippen LogP contribution in [-0.4, -0.2) is 30.4 Å². The molecule has 4 heteroatoms. The molecule has 0 aromatic heterocycles. The van der Waals surface area contributed by atoms with Crippen molar-refractivity contribution in [2.45, 2.75) is 13.0 Å². The molecule has 2 aliphatic rings. The quantitative estimate of drug-likeness (QED) is 0.920. The minimum absolute atomic E-state index is 0.00217. The van der Waals surface area contributed by atoms with E-state index >= 15 is 0 Å². The van der Waals surface area contributed by atoms with Crippen molar-refractivity contribution in [2.24, 2.45) is 11.8 Å². The fraction of sp³-hybridized carbons (Fsp3) is 0.350. The van der Waals surface area contributed by atoms with E-state index in [0.717, 1.165) is 19.6 Å². The first-order valence-corrected chi connectivity index (χ1v) is 8.48. The monoisotopic (exact) mass is 324 g/mol. The number of fused-ring (bicyclic) bond motifs is 1. The van der Waals surface area contributed by atoms with Crippen LogP contribution in [0.5, 0.6) is 0 Å². The van der Waals surface area contributed by atoms with Gasteiger partial charge >= 0.3 is 0 Å². The number of benzene rings is 2. The molecule has 0 radical (unpaired) electrons. The Balaban J connectivity index is 1.72. The number of amides is 1. The van der Waals surface area contributed by atoms with Gasteiger partial charge in [-0.1, -0.05) is 24.3 Å². The molecule has 124 valence electrons. The predicted molar refractivity (Wildman–Crippen MR) is 91.2 cm³/mol. The van der Waals surface area contributed by atoms with Gasteiger partial charge in [-0.3, -0.25) is 4.79 Å². The van der Waals surface area contributed by atoms with Crippen LogP contribution in [0.4, 0.5) is 4.39 Å². The van der Waals surface area contributed by atoms with Gasteiger partial charge in [0.25, 0.3) is 5.91 Å². The lowest BCUT2D eigenvalue weighted by atomic mass is 9.87. The summed E-state index contributed by atoms with van der Waals surface area (Å²) in [5.41, 5.74) is 3.00. The van der Waals surface area contributed by atoms with Crippen molar-refractivity contribution in [1.29, 1.82) is 0 Å². The second kappa shape index (κ2) is 6.02. The third kappa shape index (κ3) is 2.51. The van der Waals surface area contributed by atoms with Gasteiger partial charge in [0.2, 0.25) is 0 Å². The second-order valence-corrected chi connectivity index (χ2v) is 6.85. The van der Waals surface area contributed by atoms with Gasteiger partial charge in [-0.15, -0.1) is 0 Å². The van der Waals surface area contributed by atoms with Crippen molar-refractivity contribution in [2.75, 3.05) is 19.6 Å². The summed E-state index contributed by atoms with van der Waals surface area (Å²) in [5, 5.41) is 3.46. The van der Waals surface area contributed by atoms with Gasteiger partial charge in [0.05, 0.1) is 6.04 Å². The molecule has 2 fully saturated rings. The lowest BCUT2D eigenvalue weighted by Gasteiger charge is -2.29. The largest absolute Gasteiger partial charge is 0.331 e. The summed E-state index contributed by atoms with van der Waals surface area (Å²) in [6.45, 7) is 4.76. The third-order valence-electron chi connectivity index (χ3n) is 5.42. The van der Waals surface area contributed by atoms with Crippen molar-refractivity contribution in [3.8, 4) is 0 Å². The maximum absolute atomic E-state index is 13.2. The van der Waals surface area contributed by atoms with Crippen LogP contribution in [0.15, 0.2) is 48.5 Å². The van der Waals surface area contributed by atoms with E-state index in [9.17, 15) is 9.18 Å². The van der Waals surface area contributed by atoms with E-state index in [1.807, 2.05) is 17.0 Å². The summed E-state index contributed by atoms with van der Waals surface area (Å²) in [5.74, 6) is 0.608. The Labute approximate surface area is 141 Å². The highest BCUT2D eigenvalue weighted by atomic mass is 19.1. The molecule has 4 rings (SSSR count). The number of nitrogens with one attached hydrogen (secondary N) is 1. The van der Waals surface area contributed by atoms with Crippen molar-refractivity contribution in [3.63, 3.8) is 0 Å². The molecule has 0 bridgehead atoms. The molecule has 3 nitrogen and oxygen atoms in total. The number of hydrogen-bond acceptors (Lipinski definition) is 2. The Hall–Kier alpha value is -2.20. The molecular weight excluding hydrogens is 303 g/mol. The van der Waals surface area contributed by atoms with E-state index in [2.05, 4.69) is 24.4 Å². The molecule has 1 amide bonds. The fourth-order valence-electron chi connectivity index (χ4n) is 4.20. The molecule has 0 aliphatic carbocycles. The van der Waals surface area contributed by atoms with E-state index in [-0.39, 0.29) is 17.8 Å². The van der Waals surface area contributed by atoms with Crippen LogP contribution in [0.3, 0.4) is 0 Å². The number of carbonyl (C=O) groups is 1. The Kier molecular flexibility index (Phi) is 3.85. The van der Waals surface area contributed by atoms with Crippen molar-refractivity contribution < 1.29 is 9.18 Å². The second-order valence-electron chi connectivity index (χ2n) is 6.85. The maximum Gasteiger partial charge on any atom is 0.254 e. The van der Waals surface area contributed by atoms with Crippen LogP contribution in [-0.2, 0) is 0 Å². The van der Waals surface area contributed by atoms with Gasteiger partial charge in [-0.25, -0.2) is 4.39 Å². The van der Waals surface area contributed by atoms with Gasteiger partial charge in [-0.2, -0.15) is 0 Å². The van der Waals surface area contributed by atoms with Crippen LogP contribution in [0, 0.1) is 24.6 Å². The summed E-state index contributed by atoms with van der Waals surface area (Å²) in [6.07, 6.45) is 0. The smallest absolute Gasteiger partial charge is 0.254 e. The van der Waals surface area contributed by atoms with Gasteiger partial charge in [0.15, 0.2) is 0 Å². The predicted octanol–water partition coefficient (Wildman–Crippen LogP) is 3.17. The zero-order valence-corrected chi connectivity index (χ0v) is 13.7. The first kappa shape index (κ1) is 15.3. The van der Waals surface area contributed by atoms with Crippen molar-refractivity contribution in [1.82, 2.24) is 10.2 Å². The van der Waals surface area contributed by atoms with Gasteiger partial charge in [0.1, 0.15) is 5.82 Å². The number of nitrogens with zero attached hydrogens (tertiary/aromatic N) is 1. The summed E-state index contributed by atoms with van der Waals surface area (Å²) in [7, 11) is 0. The van der Waals surface area contributed by atoms with Crippen molar-refractivity contribution >= 4 is 5.91 Å². The van der Waals surface area contributed by atoms with E-state index in [1.165, 1.54) is 23.3 Å². The topological polar surface area (TPSA) is 32.3 Å². The highest BCUT2D eigenvalue weighted by Gasteiger charge is 2.47. The van der Waals surface area contributed by atoms with E-state index in [4.69, 9.17) is 0 Å². The minimum atomic E-state index is -0.315. The summed E-state index contributed by atoms with van der Waals surface area (Å²) < 4.78 is 13.2. The molecule has 0 unspecified atom stereocenters. The number of rotatable bonds is 2. The molecule has 0 saturated carbocycles. The Bertz CT molecular complexity index is 758. The molecule has 2 aromatic rings. The average Bonchev–Trinajstić information content (AvgIpc) is 3.16. The summed E-state index contributed by atoms with van der Waals surface area (Å²) >= 11 is 0. The Morgan fingerprint density at radius 3 is 2.62 bits per heavy atom. The van der Waals surface area contributed by atoms with Gasteiger partial charge < -0.3 is 10.2 Å². The highest BCUT2D eigenvalue weighted by Crippen LogP contribution is 2.44. The summed E-state index contributed by atoms with van der Waals surface area (Å²) in [4.78, 5) is 15.1. The van der Waals surface area contributed by atoms with Gasteiger partial charge in [0, 0.05) is 31.1 Å². The standard InChI is InChI=1S/C20H21FN2O/c1-13-4-2-3-5-17(13)19-18-11-22-10-15(18)12-23(19)20(24)14-6-8-16(21)9-7-14/h2-9,15,18-19,22H,10-12H2,1H3/t15-,18-,19+/m0/s1. The third-order valence-corrected chi connectivity index (χ3v) is 5.42. The molecule has 2 aromatic carbocycles. The van der Waals surface area contributed by atoms with E-state index < -0.39 is 0 Å². The SMILES string of the molecule is Cc1ccccc1[C@@H]1[C@H]2CNC[C@H]2CN1C(=O)c1ccc(F)cc1. The lowest BCUT2D eigenvalue weighted by Crippen LogP contribution is -2.35. The zero-order valence-electron chi connectivity index (χ0n) is 13.7. The molecule has 24 heavy (non-hydrogen) atoms. The molecule has 0 spiro atoms. The average molecular weight is 324 g/mol. The molecule has 2 aliphatic heterocycles. The van der Waals surface area contributed by atoms with E-state index in [0.29, 0.717) is 17.4 Å². The number of likely N-dealkylation sites (tertiary alicyclic amines) is 1. The lowest BCUT2D eigenvalue weighted by molar-refractivity contribution is 0.0713. The Morgan fingerprint density at radius 1 is 1.12 bits per heavy atom. The van der Waals surface area contributed by atoms with Crippen LogP contribution in [0.2, 0.25) is 0 Å². The van der Waals surface area contributed by atoms with Crippen LogP contribution < -0.4 is 5.32 Å². The minimum Gasteiger partial charge on any atom is -0.331 e. The number of hydrogen-bond donors (Lipinski definition) is 1. The molecule has 2 saturated heterocycles. The van der Waals surface area contributed by atoms with Gasteiger partial charge in [-0.05, 0) is 48.2 Å². The van der Waals surface area contributed by atoms with Crippen LogP contribution >= 0.6 is 0 Å². The number of aryl methyl sites for hydroxylation is 1. The molecule has 2 heterocycles. The molecular formula is C20H21FN2O. The first-order chi connectivity index (χ1) is 11.6. The summed E-state index contributed by atoms with van der Waals surface area (Å²) in [6, 6.07) is 14.3. The Morgan fingerprint density at radius 2 is 1.88 bits per heavy atom. The van der Waals surface area contributed by atoms with Crippen LogP contribution in [0.1, 0.15) is 27.5 Å². The van der Waals surface area contributed by atoms with Crippen LogP contribution in [0.25, 0.3) is 0 Å². The van der Waals surface area contributed by atoms with Crippen molar-refractivity contribution in [3.05, 3.63) is 71.0 Å². The maximum atomic E-state index is 13.2. The first-order valence-electron chi connectivity index (χ1n) is 8.48. The normalized spacial score (nSPS) is 25.8. The number of carbonyl (C=O) groups excluding carboxylic acids is 1. The van der Waals surface area contributed by atoms with E-state index in [1.54, 1.807) is 12.1 Å². The zero-order chi connectivity index (χ0) is 16.7. The molecule has 3 atom stereocenters.